The maximum Gasteiger partial charge on any atom is 0.0708 e. The van der Waals surface area contributed by atoms with Crippen molar-refractivity contribution in [3.05, 3.63) is 71.8 Å². The highest BCUT2D eigenvalue weighted by Gasteiger charge is 2.61. The van der Waals surface area contributed by atoms with Crippen LogP contribution >= 0.6 is 0 Å². The Hall–Kier alpha value is -1.60. The summed E-state index contributed by atoms with van der Waals surface area (Å²) in [6.45, 7) is 0. The fourth-order valence-electron chi connectivity index (χ4n) is 4.01. The second-order valence-corrected chi connectivity index (χ2v) is 6.01. The van der Waals surface area contributed by atoms with Gasteiger partial charge in [0.25, 0.3) is 0 Å². The molecule has 0 amide bonds. The molecule has 1 heteroatoms. The Morgan fingerprint density at radius 2 is 1.37 bits per heavy atom. The normalized spacial score (nSPS) is 30.9. The lowest BCUT2D eigenvalue weighted by Gasteiger charge is -2.36. The van der Waals surface area contributed by atoms with Crippen molar-refractivity contribution in [3.63, 3.8) is 0 Å². The second kappa shape index (κ2) is 3.94. The topological polar surface area (TPSA) is 20.2 Å². The Balaban J connectivity index is 1.90. The van der Waals surface area contributed by atoms with Gasteiger partial charge in [-0.05, 0) is 35.8 Å². The van der Waals surface area contributed by atoms with Crippen molar-refractivity contribution >= 4 is 0 Å². The smallest absolute Gasteiger partial charge is 0.0708 e. The molecule has 19 heavy (non-hydrogen) atoms. The van der Waals surface area contributed by atoms with E-state index in [1.54, 1.807) is 0 Å². The molecule has 4 rings (SSSR count). The first-order chi connectivity index (χ1) is 9.32. The predicted octanol–water partition coefficient (Wildman–Crippen LogP) is 3.37. The molecule has 0 aromatic heterocycles. The summed E-state index contributed by atoms with van der Waals surface area (Å²) in [5, 5.41) is 10.9. The second-order valence-electron chi connectivity index (χ2n) is 6.01. The van der Waals surface area contributed by atoms with E-state index in [2.05, 4.69) is 48.5 Å². The Morgan fingerprint density at radius 1 is 0.842 bits per heavy atom. The van der Waals surface area contributed by atoms with Crippen LogP contribution in [0.2, 0.25) is 0 Å². The Kier molecular flexibility index (Phi) is 2.33. The van der Waals surface area contributed by atoms with Gasteiger partial charge in [-0.15, -0.1) is 0 Å². The van der Waals surface area contributed by atoms with E-state index in [9.17, 15) is 5.11 Å². The minimum atomic E-state index is -0.234. The molecule has 0 heterocycles. The van der Waals surface area contributed by atoms with Gasteiger partial charge in [0, 0.05) is 5.41 Å². The lowest BCUT2D eigenvalue weighted by molar-refractivity contribution is 0.102. The van der Waals surface area contributed by atoms with Crippen LogP contribution in [0.5, 0.6) is 0 Å². The standard InChI is InChI=1S/C18H18O/c19-17-16-11-13(16)12-18(17,14-7-3-1-4-8-14)15-9-5-2-6-10-15/h1-10,13,16-17,19H,11-12H2/t13-,16-,17+/m1/s1. The molecule has 2 fully saturated rings. The van der Waals surface area contributed by atoms with Gasteiger partial charge in [-0.3, -0.25) is 0 Å². The molecule has 0 bridgehead atoms. The molecule has 1 N–H and O–H groups in total. The molecule has 2 aliphatic carbocycles. The van der Waals surface area contributed by atoms with Gasteiger partial charge in [-0.1, -0.05) is 60.7 Å². The zero-order valence-corrected chi connectivity index (χ0v) is 10.9. The number of aliphatic hydroxyl groups is 1. The SMILES string of the molecule is O[C@H]1[C@@H]2C[C@@H]2CC1(c1ccccc1)c1ccccc1. The molecule has 2 aliphatic rings. The molecule has 0 unspecified atom stereocenters. The zero-order chi connectivity index (χ0) is 12.9. The summed E-state index contributed by atoms with van der Waals surface area (Å²) in [5.74, 6) is 1.23. The van der Waals surface area contributed by atoms with Gasteiger partial charge in [-0.25, -0.2) is 0 Å². The first-order valence-electron chi connectivity index (χ1n) is 7.11. The van der Waals surface area contributed by atoms with E-state index in [1.807, 2.05) is 12.1 Å². The molecule has 0 saturated heterocycles. The van der Waals surface area contributed by atoms with Gasteiger partial charge in [-0.2, -0.15) is 0 Å². The number of hydrogen-bond donors (Lipinski definition) is 1. The summed E-state index contributed by atoms with van der Waals surface area (Å²) in [5.41, 5.74) is 2.35. The molecule has 0 spiro atoms. The van der Waals surface area contributed by atoms with Gasteiger partial charge < -0.3 is 5.11 Å². The molecule has 3 atom stereocenters. The van der Waals surface area contributed by atoms with Gasteiger partial charge >= 0.3 is 0 Å². The summed E-state index contributed by atoms with van der Waals surface area (Å²) in [4.78, 5) is 0. The van der Waals surface area contributed by atoms with E-state index in [-0.39, 0.29) is 11.5 Å². The molecule has 0 radical (unpaired) electrons. The van der Waals surface area contributed by atoms with Gasteiger partial charge in [0.1, 0.15) is 0 Å². The third-order valence-corrected chi connectivity index (χ3v) is 5.05. The van der Waals surface area contributed by atoms with Gasteiger partial charge in [0.15, 0.2) is 0 Å². The van der Waals surface area contributed by atoms with E-state index in [1.165, 1.54) is 17.5 Å². The van der Waals surface area contributed by atoms with Gasteiger partial charge in [0.2, 0.25) is 0 Å². The van der Waals surface area contributed by atoms with Crippen molar-refractivity contribution < 1.29 is 5.11 Å². The van der Waals surface area contributed by atoms with Gasteiger partial charge in [0.05, 0.1) is 6.10 Å². The van der Waals surface area contributed by atoms with Crippen LogP contribution in [0.25, 0.3) is 0 Å². The molecular formula is C18H18O. The molecule has 2 saturated carbocycles. The highest BCUT2D eigenvalue weighted by atomic mass is 16.3. The number of rotatable bonds is 2. The molecular weight excluding hydrogens is 232 g/mol. The molecule has 1 nitrogen and oxygen atoms in total. The van der Waals surface area contributed by atoms with E-state index < -0.39 is 0 Å². The molecule has 96 valence electrons. The number of benzene rings is 2. The summed E-state index contributed by atoms with van der Waals surface area (Å²) < 4.78 is 0. The Bertz CT molecular complexity index is 536. The van der Waals surface area contributed by atoms with E-state index in [4.69, 9.17) is 0 Å². The minimum Gasteiger partial charge on any atom is -0.392 e. The van der Waals surface area contributed by atoms with Crippen molar-refractivity contribution in [2.45, 2.75) is 24.4 Å². The van der Waals surface area contributed by atoms with Crippen molar-refractivity contribution in [2.24, 2.45) is 11.8 Å². The van der Waals surface area contributed by atoms with E-state index in [0.717, 1.165) is 12.3 Å². The molecule has 2 aromatic carbocycles. The number of aliphatic hydroxyl groups excluding tert-OH is 1. The van der Waals surface area contributed by atoms with Crippen LogP contribution in [0, 0.1) is 11.8 Å². The fraction of sp³-hybridized carbons (Fsp3) is 0.333. The van der Waals surface area contributed by atoms with E-state index in [0.29, 0.717) is 5.92 Å². The minimum absolute atomic E-state index is 0.184. The third-order valence-electron chi connectivity index (χ3n) is 5.05. The Labute approximate surface area is 113 Å². The summed E-state index contributed by atoms with van der Waals surface area (Å²) in [6.07, 6.45) is 2.07. The first kappa shape index (κ1) is 11.2. The fourth-order valence-corrected chi connectivity index (χ4v) is 4.01. The molecule has 2 aromatic rings. The summed E-state index contributed by atoms with van der Waals surface area (Å²) in [7, 11) is 0. The van der Waals surface area contributed by atoms with Crippen molar-refractivity contribution in [1.29, 1.82) is 0 Å². The van der Waals surface area contributed by atoms with Crippen LogP contribution in [-0.2, 0) is 5.41 Å². The van der Waals surface area contributed by atoms with Crippen LogP contribution in [0.4, 0.5) is 0 Å². The summed E-state index contributed by atoms with van der Waals surface area (Å²) in [6, 6.07) is 21.1. The van der Waals surface area contributed by atoms with Crippen LogP contribution in [0.15, 0.2) is 60.7 Å². The quantitative estimate of drug-likeness (QED) is 0.866. The largest absolute Gasteiger partial charge is 0.392 e. The monoisotopic (exact) mass is 250 g/mol. The van der Waals surface area contributed by atoms with Crippen molar-refractivity contribution in [1.82, 2.24) is 0 Å². The first-order valence-corrected chi connectivity index (χ1v) is 7.11. The Morgan fingerprint density at radius 3 is 1.79 bits per heavy atom. The highest BCUT2D eigenvalue weighted by Crippen LogP contribution is 2.62. The maximum atomic E-state index is 10.9. The third kappa shape index (κ3) is 1.51. The summed E-state index contributed by atoms with van der Waals surface area (Å²) >= 11 is 0. The predicted molar refractivity (Wildman–Crippen MR) is 75.9 cm³/mol. The van der Waals surface area contributed by atoms with Crippen LogP contribution < -0.4 is 0 Å². The van der Waals surface area contributed by atoms with Crippen LogP contribution in [0.3, 0.4) is 0 Å². The van der Waals surface area contributed by atoms with Crippen LogP contribution in [-0.4, -0.2) is 11.2 Å². The lowest BCUT2D eigenvalue weighted by Crippen LogP contribution is -2.38. The number of hydrogen-bond acceptors (Lipinski definition) is 1. The maximum absolute atomic E-state index is 10.9. The van der Waals surface area contributed by atoms with Crippen LogP contribution in [0.1, 0.15) is 24.0 Å². The van der Waals surface area contributed by atoms with E-state index >= 15 is 0 Å². The zero-order valence-electron chi connectivity index (χ0n) is 10.9. The number of fused-ring (bicyclic) bond motifs is 1. The lowest BCUT2D eigenvalue weighted by atomic mass is 9.69. The molecule has 0 aliphatic heterocycles. The van der Waals surface area contributed by atoms with Crippen molar-refractivity contribution in [3.8, 4) is 0 Å². The highest BCUT2D eigenvalue weighted by molar-refractivity contribution is 5.44. The van der Waals surface area contributed by atoms with Crippen molar-refractivity contribution in [2.75, 3.05) is 0 Å². The average Bonchev–Trinajstić information content (AvgIpc) is 3.19. The average molecular weight is 250 g/mol.